The predicted molar refractivity (Wildman–Crippen MR) is 63.8 cm³/mol. The van der Waals surface area contributed by atoms with Crippen LogP contribution in [-0.2, 0) is 20.9 Å². The Balaban J connectivity index is 2.60. The molecule has 0 aromatic heterocycles. The topological polar surface area (TPSA) is 55.4 Å². The highest BCUT2D eigenvalue weighted by atomic mass is 16.5. The van der Waals surface area contributed by atoms with Crippen LogP contribution in [0, 0.1) is 0 Å². The van der Waals surface area contributed by atoms with E-state index < -0.39 is 5.97 Å². The van der Waals surface area contributed by atoms with Gasteiger partial charge in [-0.3, -0.25) is 4.79 Å². The van der Waals surface area contributed by atoms with Gasteiger partial charge in [-0.1, -0.05) is 30.3 Å². The SMILES string of the molecule is CC(C)=C(NC=O)C(=O)OCc1ccccc1. The molecule has 0 radical (unpaired) electrons. The average Bonchev–Trinajstić information content (AvgIpc) is 2.34. The van der Waals surface area contributed by atoms with Crippen LogP contribution in [-0.4, -0.2) is 12.4 Å². The second-order valence-corrected chi connectivity index (χ2v) is 3.70. The van der Waals surface area contributed by atoms with E-state index in [1.54, 1.807) is 13.8 Å². The molecule has 0 spiro atoms. The normalized spacial score (nSPS) is 9.29. The zero-order valence-electron chi connectivity index (χ0n) is 9.90. The first-order valence-corrected chi connectivity index (χ1v) is 5.24. The number of nitrogens with one attached hydrogen (secondary N) is 1. The van der Waals surface area contributed by atoms with E-state index in [4.69, 9.17) is 4.74 Å². The van der Waals surface area contributed by atoms with Crippen LogP contribution in [0.25, 0.3) is 0 Å². The Bertz CT molecular complexity index is 420. The number of ether oxygens (including phenoxy) is 1. The van der Waals surface area contributed by atoms with E-state index in [-0.39, 0.29) is 12.3 Å². The third-order valence-corrected chi connectivity index (χ3v) is 2.12. The van der Waals surface area contributed by atoms with Crippen LogP contribution in [0.15, 0.2) is 41.6 Å². The van der Waals surface area contributed by atoms with Gasteiger partial charge < -0.3 is 10.1 Å². The molecule has 90 valence electrons. The van der Waals surface area contributed by atoms with Crippen LogP contribution in [0.4, 0.5) is 0 Å². The van der Waals surface area contributed by atoms with Crippen molar-refractivity contribution in [1.29, 1.82) is 0 Å². The Labute approximate surface area is 100 Å². The fraction of sp³-hybridized carbons (Fsp3) is 0.231. The van der Waals surface area contributed by atoms with E-state index in [1.807, 2.05) is 30.3 Å². The van der Waals surface area contributed by atoms with E-state index in [2.05, 4.69) is 5.32 Å². The Hall–Kier alpha value is -2.10. The summed E-state index contributed by atoms with van der Waals surface area (Å²) in [5, 5.41) is 2.34. The molecule has 1 amide bonds. The van der Waals surface area contributed by atoms with Crippen molar-refractivity contribution in [1.82, 2.24) is 5.32 Å². The minimum atomic E-state index is -0.527. The van der Waals surface area contributed by atoms with Crippen LogP contribution >= 0.6 is 0 Å². The fourth-order valence-corrected chi connectivity index (χ4v) is 1.26. The third kappa shape index (κ3) is 4.10. The van der Waals surface area contributed by atoms with Crippen molar-refractivity contribution in [3.05, 3.63) is 47.2 Å². The number of carbonyl (C=O) groups is 2. The quantitative estimate of drug-likeness (QED) is 0.479. The maximum absolute atomic E-state index is 11.6. The van der Waals surface area contributed by atoms with Crippen molar-refractivity contribution in [2.45, 2.75) is 20.5 Å². The lowest BCUT2D eigenvalue weighted by atomic mass is 10.2. The molecule has 0 saturated carbocycles. The van der Waals surface area contributed by atoms with Gasteiger partial charge in [-0.15, -0.1) is 0 Å². The molecule has 0 aliphatic heterocycles. The number of hydrogen-bond donors (Lipinski definition) is 1. The molecule has 1 N–H and O–H groups in total. The van der Waals surface area contributed by atoms with Gasteiger partial charge >= 0.3 is 5.97 Å². The molecule has 1 rings (SSSR count). The zero-order chi connectivity index (χ0) is 12.7. The Morgan fingerprint density at radius 3 is 2.47 bits per heavy atom. The van der Waals surface area contributed by atoms with E-state index in [0.29, 0.717) is 12.0 Å². The molecule has 0 fully saturated rings. The van der Waals surface area contributed by atoms with Crippen molar-refractivity contribution in [3.63, 3.8) is 0 Å². The predicted octanol–water partition coefficient (Wildman–Crippen LogP) is 1.77. The summed E-state index contributed by atoms with van der Waals surface area (Å²) in [7, 11) is 0. The van der Waals surface area contributed by atoms with Crippen LogP contribution in [0.3, 0.4) is 0 Å². The highest BCUT2D eigenvalue weighted by Crippen LogP contribution is 2.05. The Morgan fingerprint density at radius 1 is 1.29 bits per heavy atom. The lowest BCUT2D eigenvalue weighted by molar-refractivity contribution is -0.141. The number of carbonyl (C=O) groups excluding carboxylic acids is 2. The summed E-state index contributed by atoms with van der Waals surface area (Å²) in [5.74, 6) is -0.527. The van der Waals surface area contributed by atoms with Gasteiger partial charge in [0.05, 0.1) is 0 Å². The maximum Gasteiger partial charge on any atom is 0.355 e. The number of amides is 1. The summed E-state index contributed by atoms with van der Waals surface area (Å²) in [6.45, 7) is 3.65. The van der Waals surface area contributed by atoms with Gasteiger partial charge in [-0.05, 0) is 25.0 Å². The zero-order valence-corrected chi connectivity index (χ0v) is 9.90. The van der Waals surface area contributed by atoms with Gasteiger partial charge in [0.15, 0.2) is 0 Å². The second-order valence-electron chi connectivity index (χ2n) is 3.70. The average molecular weight is 233 g/mol. The minimum absolute atomic E-state index is 0.191. The molecule has 0 aliphatic carbocycles. The lowest BCUT2D eigenvalue weighted by Gasteiger charge is -2.08. The second kappa shape index (κ2) is 6.48. The van der Waals surface area contributed by atoms with Gasteiger partial charge in [0.25, 0.3) is 0 Å². The molecule has 4 heteroatoms. The Kier molecular flexibility index (Phi) is 4.94. The number of allylic oxidation sites excluding steroid dienone is 1. The first kappa shape index (κ1) is 13.0. The van der Waals surface area contributed by atoms with Gasteiger partial charge in [0, 0.05) is 0 Å². The summed E-state index contributed by atoms with van der Waals surface area (Å²) < 4.78 is 5.09. The molecule has 0 unspecified atom stereocenters. The standard InChI is InChI=1S/C13H15NO3/c1-10(2)12(14-9-15)13(16)17-8-11-6-4-3-5-7-11/h3-7,9H,8H2,1-2H3,(H,14,15). The first-order chi connectivity index (χ1) is 8.15. The summed E-state index contributed by atoms with van der Waals surface area (Å²) in [5.41, 5.74) is 1.80. The van der Waals surface area contributed by atoms with Gasteiger partial charge in [-0.2, -0.15) is 0 Å². The molecular weight excluding hydrogens is 218 g/mol. The maximum atomic E-state index is 11.6. The smallest absolute Gasteiger partial charge is 0.355 e. The molecule has 0 bridgehead atoms. The highest BCUT2D eigenvalue weighted by Gasteiger charge is 2.11. The molecule has 0 heterocycles. The van der Waals surface area contributed by atoms with Crippen LogP contribution in [0.1, 0.15) is 19.4 Å². The largest absolute Gasteiger partial charge is 0.456 e. The van der Waals surface area contributed by atoms with Crippen molar-refractivity contribution < 1.29 is 14.3 Å². The minimum Gasteiger partial charge on any atom is -0.456 e. The summed E-state index contributed by atoms with van der Waals surface area (Å²) in [4.78, 5) is 22.0. The molecule has 0 atom stereocenters. The molecule has 17 heavy (non-hydrogen) atoms. The van der Waals surface area contributed by atoms with Crippen molar-refractivity contribution in [2.24, 2.45) is 0 Å². The lowest BCUT2D eigenvalue weighted by Crippen LogP contribution is -2.22. The molecule has 1 aromatic rings. The number of hydrogen-bond acceptors (Lipinski definition) is 3. The van der Waals surface area contributed by atoms with E-state index in [1.165, 1.54) is 0 Å². The number of esters is 1. The van der Waals surface area contributed by atoms with Crippen molar-refractivity contribution in [2.75, 3.05) is 0 Å². The molecule has 0 saturated heterocycles. The number of rotatable bonds is 5. The van der Waals surface area contributed by atoms with Crippen molar-refractivity contribution in [3.8, 4) is 0 Å². The van der Waals surface area contributed by atoms with Gasteiger partial charge in [0.2, 0.25) is 6.41 Å². The van der Waals surface area contributed by atoms with Crippen LogP contribution in [0.2, 0.25) is 0 Å². The van der Waals surface area contributed by atoms with Gasteiger partial charge in [0.1, 0.15) is 12.3 Å². The Morgan fingerprint density at radius 2 is 1.94 bits per heavy atom. The van der Waals surface area contributed by atoms with Gasteiger partial charge in [-0.25, -0.2) is 4.79 Å². The molecule has 4 nitrogen and oxygen atoms in total. The van der Waals surface area contributed by atoms with Crippen LogP contribution in [0.5, 0.6) is 0 Å². The summed E-state index contributed by atoms with van der Waals surface area (Å²) in [6.07, 6.45) is 0.464. The third-order valence-electron chi connectivity index (χ3n) is 2.12. The van der Waals surface area contributed by atoms with Crippen LogP contribution < -0.4 is 5.32 Å². The first-order valence-electron chi connectivity index (χ1n) is 5.24. The molecule has 0 aliphatic rings. The highest BCUT2D eigenvalue weighted by molar-refractivity contribution is 5.90. The monoisotopic (exact) mass is 233 g/mol. The molecule has 1 aromatic carbocycles. The van der Waals surface area contributed by atoms with E-state index in [0.717, 1.165) is 5.56 Å². The number of benzene rings is 1. The van der Waals surface area contributed by atoms with E-state index >= 15 is 0 Å². The fourth-order valence-electron chi connectivity index (χ4n) is 1.26. The summed E-state index contributed by atoms with van der Waals surface area (Å²) in [6, 6.07) is 9.36. The van der Waals surface area contributed by atoms with Crippen molar-refractivity contribution >= 4 is 12.4 Å². The molecular formula is C13H15NO3. The summed E-state index contributed by atoms with van der Waals surface area (Å²) >= 11 is 0. The van der Waals surface area contributed by atoms with E-state index in [9.17, 15) is 9.59 Å².